The molecule has 18 heavy (non-hydrogen) atoms. The molecular weight excluding hydrogens is 222 g/mol. The molecule has 0 saturated heterocycles. The molecule has 1 fully saturated rings. The fraction of sp³-hybridized carbons (Fsp3) is 0.667. The largest absolute Gasteiger partial charge is 0.327 e. The van der Waals surface area contributed by atoms with E-state index in [2.05, 4.69) is 23.0 Å². The Kier molecular flexibility index (Phi) is 5.14. The normalized spacial score (nSPS) is 25.1. The molecule has 3 nitrogen and oxygen atoms in total. The van der Waals surface area contributed by atoms with Gasteiger partial charge in [0.05, 0.1) is 0 Å². The third kappa shape index (κ3) is 4.07. The molecule has 1 aromatic heterocycles. The number of rotatable bonds is 4. The summed E-state index contributed by atoms with van der Waals surface area (Å²) in [4.78, 5) is 6.54. The average Bonchev–Trinajstić information content (AvgIpc) is 2.56. The lowest BCUT2D eigenvalue weighted by molar-refractivity contribution is 0.236. The predicted molar refractivity (Wildman–Crippen MR) is 75.1 cm³/mol. The maximum absolute atomic E-state index is 6.28. The summed E-state index contributed by atoms with van der Waals surface area (Å²) in [5.74, 6) is 0.661. The van der Waals surface area contributed by atoms with Crippen molar-refractivity contribution < 1.29 is 0 Å². The standard InChI is InChI=1S/C15H25N3/c1-18(11-13-6-5-9-17-10-13)12-14-7-3-2-4-8-15(14)16/h5-6,9-10,14-15H,2-4,7-8,11-12,16H2,1H3. The van der Waals surface area contributed by atoms with Gasteiger partial charge in [0, 0.05) is 31.5 Å². The summed E-state index contributed by atoms with van der Waals surface area (Å²) >= 11 is 0. The Bertz CT molecular complexity index is 339. The first-order valence-electron chi connectivity index (χ1n) is 7.09. The van der Waals surface area contributed by atoms with Gasteiger partial charge in [-0.2, -0.15) is 0 Å². The highest BCUT2D eigenvalue weighted by molar-refractivity contribution is 5.07. The molecule has 100 valence electrons. The summed E-state index contributed by atoms with van der Waals surface area (Å²) < 4.78 is 0. The van der Waals surface area contributed by atoms with E-state index >= 15 is 0 Å². The third-order valence-corrected chi connectivity index (χ3v) is 3.94. The monoisotopic (exact) mass is 247 g/mol. The predicted octanol–water partition coefficient (Wildman–Crippen LogP) is 2.42. The zero-order valence-electron chi connectivity index (χ0n) is 11.4. The summed E-state index contributed by atoms with van der Waals surface area (Å²) in [5.41, 5.74) is 7.56. The van der Waals surface area contributed by atoms with Crippen LogP contribution in [0.15, 0.2) is 24.5 Å². The van der Waals surface area contributed by atoms with E-state index in [1.54, 1.807) is 0 Å². The molecule has 0 aliphatic heterocycles. The Balaban J connectivity index is 1.84. The number of pyridine rings is 1. The van der Waals surface area contributed by atoms with Crippen LogP contribution in [0.5, 0.6) is 0 Å². The van der Waals surface area contributed by atoms with E-state index in [9.17, 15) is 0 Å². The number of nitrogens with zero attached hydrogens (tertiary/aromatic N) is 2. The molecule has 2 atom stereocenters. The molecular formula is C15H25N3. The molecule has 3 heteroatoms. The van der Waals surface area contributed by atoms with Crippen molar-refractivity contribution in [2.24, 2.45) is 11.7 Å². The molecule has 0 aromatic carbocycles. The van der Waals surface area contributed by atoms with Gasteiger partial charge in [-0.3, -0.25) is 4.98 Å². The lowest BCUT2D eigenvalue weighted by atomic mass is 9.95. The third-order valence-electron chi connectivity index (χ3n) is 3.94. The summed E-state index contributed by atoms with van der Waals surface area (Å²) in [7, 11) is 2.19. The molecule has 1 aliphatic rings. The van der Waals surface area contributed by atoms with Crippen molar-refractivity contribution in [1.29, 1.82) is 0 Å². The maximum atomic E-state index is 6.28. The molecule has 0 spiro atoms. The maximum Gasteiger partial charge on any atom is 0.0312 e. The summed E-state index contributed by atoms with van der Waals surface area (Å²) in [6, 6.07) is 4.53. The number of aromatic nitrogens is 1. The van der Waals surface area contributed by atoms with Crippen LogP contribution in [0.25, 0.3) is 0 Å². The van der Waals surface area contributed by atoms with E-state index in [-0.39, 0.29) is 0 Å². The average molecular weight is 247 g/mol. The first-order chi connectivity index (χ1) is 8.75. The molecule has 1 saturated carbocycles. The lowest BCUT2D eigenvalue weighted by Crippen LogP contribution is -2.37. The van der Waals surface area contributed by atoms with Crippen molar-refractivity contribution in [2.45, 2.75) is 44.7 Å². The summed E-state index contributed by atoms with van der Waals surface area (Å²) in [5, 5.41) is 0. The van der Waals surface area contributed by atoms with Crippen molar-refractivity contribution in [1.82, 2.24) is 9.88 Å². The molecule has 0 radical (unpaired) electrons. The highest BCUT2D eigenvalue weighted by Gasteiger charge is 2.21. The first-order valence-corrected chi connectivity index (χ1v) is 7.09. The summed E-state index contributed by atoms with van der Waals surface area (Å²) in [6.45, 7) is 2.08. The number of nitrogens with two attached hydrogens (primary N) is 1. The van der Waals surface area contributed by atoms with Gasteiger partial charge in [-0.15, -0.1) is 0 Å². The van der Waals surface area contributed by atoms with Crippen molar-refractivity contribution in [3.63, 3.8) is 0 Å². The van der Waals surface area contributed by atoms with Gasteiger partial charge < -0.3 is 10.6 Å². The quantitative estimate of drug-likeness (QED) is 0.831. The van der Waals surface area contributed by atoms with Crippen LogP contribution in [0, 0.1) is 5.92 Å². The topological polar surface area (TPSA) is 42.2 Å². The number of hydrogen-bond acceptors (Lipinski definition) is 3. The Labute approximate surface area is 110 Å². The van der Waals surface area contributed by atoms with Crippen molar-refractivity contribution in [2.75, 3.05) is 13.6 Å². The van der Waals surface area contributed by atoms with Gasteiger partial charge in [0.15, 0.2) is 0 Å². The van der Waals surface area contributed by atoms with E-state index in [0.717, 1.165) is 13.1 Å². The highest BCUT2D eigenvalue weighted by Crippen LogP contribution is 2.23. The molecule has 0 bridgehead atoms. The van der Waals surface area contributed by atoms with Gasteiger partial charge in [-0.1, -0.05) is 25.3 Å². The molecule has 2 N–H and O–H groups in total. The molecule has 1 aliphatic carbocycles. The number of hydrogen-bond donors (Lipinski definition) is 1. The van der Waals surface area contributed by atoms with E-state index in [0.29, 0.717) is 12.0 Å². The minimum Gasteiger partial charge on any atom is -0.327 e. The minimum absolute atomic E-state index is 0.392. The fourth-order valence-corrected chi connectivity index (χ4v) is 2.91. The first kappa shape index (κ1) is 13.5. The van der Waals surface area contributed by atoms with Crippen LogP contribution in [0.1, 0.15) is 37.7 Å². The van der Waals surface area contributed by atoms with Crippen LogP contribution in [0.2, 0.25) is 0 Å². The van der Waals surface area contributed by atoms with Gasteiger partial charge >= 0.3 is 0 Å². The zero-order valence-corrected chi connectivity index (χ0v) is 11.4. The molecule has 2 unspecified atom stereocenters. The van der Waals surface area contributed by atoms with E-state index < -0.39 is 0 Å². The molecule has 1 heterocycles. The second kappa shape index (κ2) is 6.86. The van der Waals surface area contributed by atoms with Crippen LogP contribution in [0.3, 0.4) is 0 Å². The Morgan fingerprint density at radius 3 is 2.94 bits per heavy atom. The van der Waals surface area contributed by atoms with Crippen LogP contribution in [-0.4, -0.2) is 29.5 Å². The van der Waals surface area contributed by atoms with Crippen molar-refractivity contribution >= 4 is 0 Å². The van der Waals surface area contributed by atoms with Crippen LogP contribution in [-0.2, 0) is 6.54 Å². The second-order valence-electron chi connectivity index (χ2n) is 5.62. The van der Waals surface area contributed by atoms with Crippen molar-refractivity contribution in [3.8, 4) is 0 Å². The van der Waals surface area contributed by atoms with Crippen LogP contribution < -0.4 is 5.73 Å². The minimum atomic E-state index is 0.392. The van der Waals surface area contributed by atoms with Crippen molar-refractivity contribution in [3.05, 3.63) is 30.1 Å². The van der Waals surface area contributed by atoms with Crippen LogP contribution in [0.4, 0.5) is 0 Å². The molecule has 2 rings (SSSR count). The van der Waals surface area contributed by atoms with Crippen LogP contribution >= 0.6 is 0 Å². The van der Waals surface area contributed by atoms with E-state index in [1.807, 2.05) is 18.5 Å². The summed E-state index contributed by atoms with van der Waals surface area (Å²) in [6.07, 6.45) is 10.3. The Morgan fingerprint density at radius 1 is 1.33 bits per heavy atom. The lowest BCUT2D eigenvalue weighted by Gasteiger charge is -2.27. The fourth-order valence-electron chi connectivity index (χ4n) is 2.91. The van der Waals surface area contributed by atoms with Gasteiger partial charge in [0.2, 0.25) is 0 Å². The second-order valence-corrected chi connectivity index (χ2v) is 5.62. The van der Waals surface area contributed by atoms with E-state index in [4.69, 9.17) is 5.73 Å². The van der Waals surface area contributed by atoms with Gasteiger partial charge in [0.25, 0.3) is 0 Å². The SMILES string of the molecule is CN(Cc1cccnc1)CC1CCCCCC1N. The zero-order chi connectivity index (χ0) is 12.8. The van der Waals surface area contributed by atoms with Gasteiger partial charge in [-0.25, -0.2) is 0 Å². The Hall–Kier alpha value is -0.930. The molecule has 0 amide bonds. The van der Waals surface area contributed by atoms with Gasteiger partial charge in [0.1, 0.15) is 0 Å². The van der Waals surface area contributed by atoms with Gasteiger partial charge in [-0.05, 0) is 37.4 Å². The highest BCUT2D eigenvalue weighted by atomic mass is 15.1. The van der Waals surface area contributed by atoms with E-state index in [1.165, 1.54) is 37.7 Å². The smallest absolute Gasteiger partial charge is 0.0312 e. The Morgan fingerprint density at radius 2 is 2.17 bits per heavy atom. The molecule has 1 aromatic rings.